The van der Waals surface area contributed by atoms with Gasteiger partial charge in [0, 0.05) is 25.2 Å². The molecule has 0 radical (unpaired) electrons. The van der Waals surface area contributed by atoms with Gasteiger partial charge in [0.25, 0.3) is 0 Å². The van der Waals surface area contributed by atoms with Crippen LogP contribution in [0.4, 0.5) is 0 Å². The highest BCUT2D eigenvalue weighted by atomic mass is 16.5. The third kappa shape index (κ3) is 3.58. The largest absolute Gasteiger partial charge is 0.461 e. The minimum absolute atomic E-state index is 0.0453. The van der Waals surface area contributed by atoms with Gasteiger partial charge in [0.15, 0.2) is 5.69 Å². The number of nitrogens with one attached hydrogen (secondary N) is 1. The third-order valence-corrected chi connectivity index (χ3v) is 2.66. The Morgan fingerprint density at radius 3 is 3.00 bits per heavy atom. The van der Waals surface area contributed by atoms with Gasteiger partial charge >= 0.3 is 5.97 Å². The minimum atomic E-state index is -0.432. The number of nitrogens with zero attached hydrogens (tertiary/aromatic N) is 2. The molecule has 0 aliphatic heterocycles. The number of rotatable bonds is 6. The molecule has 1 aromatic heterocycles. The van der Waals surface area contributed by atoms with Gasteiger partial charge in [-0.15, -0.1) is 0 Å². The van der Waals surface area contributed by atoms with Gasteiger partial charge in [0.1, 0.15) is 0 Å². The SMILES string of the molecule is CCOC(=O)c1cn(CCC(=O)NC2CC2)cn1. The number of aromatic nitrogens is 2. The van der Waals surface area contributed by atoms with E-state index in [1.807, 2.05) is 0 Å². The molecule has 0 bridgehead atoms. The van der Waals surface area contributed by atoms with Crippen LogP contribution in [0.5, 0.6) is 0 Å². The number of imidazole rings is 1. The van der Waals surface area contributed by atoms with Crippen molar-refractivity contribution < 1.29 is 14.3 Å². The normalized spacial score (nSPS) is 14.3. The van der Waals surface area contributed by atoms with Crippen LogP contribution in [0.2, 0.25) is 0 Å². The fourth-order valence-electron chi connectivity index (χ4n) is 1.55. The summed E-state index contributed by atoms with van der Waals surface area (Å²) in [4.78, 5) is 26.8. The van der Waals surface area contributed by atoms with E-state index in [2.05, 4.69) is 10.3 Å². The standard InChI is InChI=1S/C12H17N3O3/c1-2-18-12(17)10-7-15(8-13-10)6-5-11(16)14-9-3-4-9/h7-9H,2-6H2,1H3,(H,14,16). The van der Waals surface area contributed by atoms with E-state index in [0.29, 0.717) is 25.6 Å². The summed E-state index contributed by atoms with van der Waals surface area (Å²) in [6.45, 7) is 2.59. The average Bonchev–Trinajstić information content (AvgIpc) is 3.02. The monoisotopic (exact) mass is 251 g/mol. The van der Waals surface area contributed by atoms with E-state index in [9.17, 15) is 9.59 Å². The van der Waals surface area contributed by atoms with Crippen LogP contribution in [-0.4, -0.2) is 34.1 Å². The molecule has 1 heterocycles. The van der Waals surface area contributed by atoms with Gasteiger partial charge < -0.3 is 14.6 Å². The molecule has 18 heavy (non-hydrogen) atoms. The summed E-state index contributed by atoms with van der Waals surface area (Å²) in [6.07, 6.45) is 5.71. The maximum absolute atomic E-state index is 11.5. The van der Waals surface area contributed by atoms with Gasteiger partial charge in [-0.2, -0.15) is 0 Å². The van der Waals surface area contributed by atoms with Crippen molar-refractivity contribution in [3.8, 4) is 0 Å². The highest BCUT2D eigenvalue weighted by Crippen LogP contribution is 2.18. The molecular formula is C12H17N3O3. The van der Waals surface area contributed by atoms with Crippen LogP contribution in [0.1, 0.15) is 36.7 Å². The molecule has 1 aliphatic rings. The Kier molecular flexibility index (Phi) is 3.96. The summed E-state index contributed by atoms with van der Waals surface area (Å²) >= 11 is 0. The maximum Gasteiger partial charge on any atom is 0.358 e. The zero-order valence-corrected chi connectivity index (χ0v) is 10.4. The van der Waals surface area contributed by atoms with Crippen LogP contribution in [0.15, 0.2) is 12.5 Å². The number of aryl methyl sites for hydroxylation is 1. The Morgan fingerprint density at radius 2 is 2.33 bits per heavy atom. The van der Waals surface area contributed by atoms with Crippen molar-refractivity contribution in [3.05, 3.63) is 18.2 Å². The number of esters is 1. The lowest BCUT2D eigenvalue weighted by Gasteiger charge is -2.03. The second-order valence-corrected chi connectivity index (χ2v) is 4.31. The van der Waals surface area contributed by atoms with Crippen LogP contribution < -0.4 is 5.32 Å². The summed E-state index contributed by atoms with van der Waals surface area (Å²) in [6, 6.07) is 0.385. The predicted octanol–water partition coefficient (Wildman–Crippen LogP) is 0.728. The smallest absolute Gasteiger partial charge is 0.358 e. The Balaban J connectivity index is 1.78. The van der Waals surface area contributed by atoms with Crippen molar-refractivity contribution >= 4 is 11.9 Å². The fraction of sp³-hybridized carbons (Fsp3) is 0.583. The third-order valence-electron chi connectivity index (χ3n) is 2.66. The van der Waals surface area contributed by atoms with E-state index in [-0.39, 0.29) is 11.6 Å². The van der Waals surface area contributed by atoms with Crippen molar-refractivity contribution in [2.24, 2.45) is 0 Å². The molecule has 1 aliphatic carbocycles. The maximum atomic E-state index is 11.5. The van der Waals surface area contributed by atoms with Gasteiger partial charge in [-0.05, 0) is 19.8 Å². The second-order valence-electron chi connectivity index (χ2n) is 4.31. The zero-order chi connectivity index (χ0) is 13.0. The summed E-state index contributed by atoms with van der Waals surface area (Å²) in [5.41, 5.74) is 0.277. The van der Waals surface area contributed by atoms with E-state index in [4.69, 9.17) is 4.74 Å². The highest BCUT2D eigenvalue weighted by Gasteiger charge is 2.22. The Morgan fingerprint density at radius 1 is 1.56 bits per heavy atom. The Bertz CT molecular complexity index is 438. The molecule has 1 N–H and O–H groups in total. The molecule has 2 rings (SSSR count). The molecular weight excluding hydrogens is 234 g/mol. The van der Waals surface area contributed by atoms with Crippen LogP contribution in [-0.2, 0) is 16.1 Å². The molecule has 0 aromatic carbocycles. The summed E-state index contributed by atoms with van der Waals surface area (Å²) in [5, 5.41) is 2.91. The topological polar surface area (TPSA) is 73.2 Å². The number of carbonyl (C=O) groups excluding carboxylic acids is 2. The van der Waals surface area contributed by atoms with E-state index < -0.39 is 5.97 Å². The van der Waals surface area contributed by atoms with Crippen LogP contribution in [0.25, 0.3) is 0 Å². The summed E-state index contributed by atoms with van der Waals surface area (Å²) in [7, 11) is 0. The first kappa shape index (κ1) is 12.6. The highest BCUT2D eigenvalue weighted by molar-refractivity contribution is 5.86. The van der Waals surface area contributed by atoms with Gasteiger partial charge in [-0.1, -0.05) is 0 Å². The molecule has 98 valence electrons. The molecule has 1 fully saturated rings. The summed E-state index contributed by atoms with van der Waals surface area (Å²) < 4.78 is 6.55. The van der Waals surface area contributed by atoms with Gasteiger partial charge in [0.05, 0.1) is 12.9 Å². The van der Waals surface area contributed by atoms with Crippen molar-refractivity contribution in [1.29, 1.82) is 0 Å². The fourth-order valence-corrected chi connectivity index (χ4v) is 1.55. The Labute approximate surface area is 105 Å². The number of hydrogen-bond donors (Lipinski definition) is 1. The lowest BCUT2D eigenvalue weighted by Crippen LogP contribution is -2.26. The van der Waals surface area contributed by atoms with Crippen molar-refractivity contribution in [2.45, 2.75) is 38.8 Å². The number of amides is 1. The molecule has 1 saturated carbocycles. The Hall–Kier alpha value is -1.85. The van der Waals surface area contributed by atoms with Crippen LogP contribution in [0.3, 0.4) is 0 Å². The van der Waals surface area contributed by atoms with Gasteiger partial charge in [-0.25, -0.2) is 9.78 Å². The number of hydrogen-bond acceptors (Lipinski definition) is 4. The van der Waals surface area contributed by atoms with Gasteiger partial charge in [-0.3, -0.25) is 4.79 Å². The van der Waals surface area contributed by atoms with E-state index in [1.165, 1.54) is 6.33 Å². The number of ether oxygens (including phenoxy) is 1. The molecule has 0 unspecified atom stereocenters. The lowest BCUT2D eigenvalue weighted by molar-refractivity contribution is -0.121. The molecule has 6 heteroatoms. The molecule has 1 aromatic rings. The number of carbonyl (C=O) groups is 2. The second kappa shape index (κ2) is 5.66. The molecule has 1 amide bonds. The van der Waals surface area contributed by atoms with Crippen molar-refractivity contribution in [1.82, 2.24) is 14.9 Å². The summed E-state index contributed by atoms with van der Waals surface area (Å²) in [5.74, 6) is -0.387. The average molecular weight is 251 g/mol. The first-order valence-corrected chi connectivity index (χ1v) is 6.17. The quantitative estimate of drug-likeness (QED) is 0.756. The minimum Gasteiger partial charge on any atom is -0.461 e. The van der Waals surface area contributed by atoms with Crippen LogP contribution >= 0.6 is 0 Å². The van der Waals surface area contributed by atoms with E-state index in [1.54, 1.807) is 17.7 Å². The van der Waals surface area contributed by atoms with E-state index >= 15 is 0 Å². The van der Waals surface area contributed by atoms with E-state index in [0.717, 1.165) is 12.8 Å². The van der Waals surface area contributed by atoms with Crippen molar-refractivity contribution in [2.75, 3.05) is 6.61 Å². The van der Waals surface area contributed by atoms with Crippen molar-refractivity contribution in [3.63, 3.8) is 0 Å². The van der Waals surface area contributed by atoms with Gasteiger partial charge in [0.2, 0.25) is 5.91 Å². The molecule has 6 nitrogen and oxygen atoms in total. The molecule has 0 spiro atoms. The first-order valence-electron chi connectivity index (χ1n) is 6.17. The molecule has 0 saturated heterocycles. The first-order chi connectivity index (χ1) is 8.69. The zero-order valence-electron chi connectivity index (χ0n) is 10.4. The lowest BCUT2D eigenvalue weighted by atomic mass is 10.4. The van der Waals surface area contributed by atoms with Crippen LogP contribution in [0, 0.1) is 0 Å². The predicted molar refractivity (Wildman–Crippen MR) is 64.0 cm³/mol. The molecule has 0 atom stereocenters.